The van der Waals surface area contributed by atoms with Gasteiger partial charge in [-0.25, -0.2) is 4.39 Å². The molecule has 0 aliphatic carbocycles. The fourth-order valence-electron chi connectivity index (χ4n) is 1.92. The van der Waals surface area contributed by atoms with Crippen molar-refractivity contribution in [2.75, 3.05) is 6.54 Å². The van der Waals surface area contributed by atoms with Crippen molar-refractivity contribution in [3.63, 3.8) is 0 Å². The second-order valence-electron chi connectivity index (χ2n) is 4.43. The van der Waals surface area contributed by atoms with Gasteiger partial charge in [0.05, 0.1) is 10.9 Å². The third kappa shape index (κ3) is 4.66. The minimum atomic E-state index is -0.587. The molecule has 1 aromatic rings. The highest BCUT2D eigenvalue weighted by atomic mass is 35.5. The summed E-state index contributed by atoms with van der Waals surface area (Å²) < 4.78 is 13.5. The zero-order valence-electron chi connectivity index (χ0n) is 11.1. The molecule has 0 aliphatic rings. The summed E-state index contributed by atoms with van der Waals surface area (Å²) in [5.41, 5.74) is -0.0547. The van der Waals surface area contributed by atoms with Crippen LogP contribution in [0.3, 0.4) is 0 Å². The molecule has 19 heavy (non-hydrogen) atoms. The topological polar surface area (TPSA) is 29.1 Å². The number of carbonyl (C=O) groups is 1. The maximum atomic E-state index is 13.5. The number of amides is 1. The third-order valence-corrected chi connectivity index (χ3v) is 3.94. The normalized spacial score (nSPS) is 12.5. The van der Waals surface area contributed by atoms with Crippen molar-refractivity contribution in [3.8, 4) is 0 Å². The van der Waals surface area contributed by atoms with E-state index in [1.165, 1.54) is 18.2 Å². The Labute approximate surface area is 123 Å². The van der Waals surface area contributed by atoms with Gasteiger partial charge in [0, 0.05) is 11.6 Å². The van der Waals surface area contributed by atoms with Gasteiger partial charge in [0.1, 0.15) is 5.82 Å². The molecule has 0 aromatic heterocycles. The molecule has 0 saturated heterocycles. The molecule has 5 heteroatoms. The number of halogens is 3. The lowest BCUT2D eigenvalue weighted by atomic mass is 9.99. The zero-order valence-corrected chi connectivity index (χ0v) is 12.6. The number of hydrogen-bond donors (Lipinski definition) is 1. The van der Waals surface area contributed by atoms with Gasteiger partial charge in [-0.05, 0) is 24.1 Å². The van der Waals surface area contributed by atoms with Crippen LogP contribution in [0.25, 0.3) is 0 Å². The van der Waals surface area contributed by atoms with E-state index in [-0.39, 0.29) is 10.9 Å². The molecule has 0 fully saturated rings. The first-order valence-corrected chi connectivity index (χ1v) is 7.18. The van der Waals surface area contributed by atoms with Gasteiger partial charge in [0.2, 0.25) is 0 Å². The molecule has 106 valence electrons. The first kappa shape index (κ1) is 16.3. The number of alkyl halides is 1. The monoisotopic (exact) mass is 305 g/mol. The van der Waals surface area contributed by atoms with Gasteiger partial charge in [-0.1, -0.05) is 38.3 Å². The minimum absolute atomic E-state index is 0.0547. The van der Waals surface area contributed by atoms with Crippen molar-refractivity contribution in [1.29, 1.82) is 0 Å². The second kappa shape index (κ2) is 7.71. The summed E-state index contributed by atoms with van der Waals surface area (Å²) in [5, 5.41) is 2.82. The van der Waals surface area contributed by atoms with Crippen LogP contribution >= 0.6 is 23.2 Å². The number of carbonyl (C=O) groups excluding carboxylic acids is 1. The fraction of sp³-hybridized carbons (Fsp3) is 0.500. The van der Waals surface area contributed by atoms with Gasteiger partial charge < -0.3 is 5.32 Å². The Bertz CT molecular complexity index is 435. The molecular formula is C14H18Cl2FNO. The van der Waals surface area contributed by atoms with E-state index in [1.807, 2.05) is 0 Å². The molecule has 1 atom stereocenters. The van der Waals surface area contributed by atoms with Gasteiger partial charge in [0.15, 0.2) is 0 Å². The van der Waals surface area contributed by atoms with Crippen molar-refractivity contribution < 1.29 is 9.18 Å². The summed E-state index contributed by atoms with van der Waals surface area (Å²) in [4.78, 5) is 11.9. The number of nitrogens with one attached hydrogen (secondary N) is 1. The number of hydrogen-bond acceptors (Lipinski definition) is 1. The minimum Gasteiger partial charge on any atom is -0.350 e. The number of benzene rings is 1. The van der Waals surface area contributed by atoms with Crippen LogP contribution in [0.2, 0.25) is 5.02 Å². The van der Waals surface area contributed by atoms with Crippen LogP contribution in [0.15, 0.2) is 18.2 Å². The molecule has 1 rings (SSSR count). The Kier molecular flexibility index (Phi) is 6.59. The summed E-state index contributed by atoms with van der Waals surface area (Å²) in [6, 6.07) is 3.89. The molecule has 1 amide bonds. The summed E-state index contributed by atoms with van der Waals surface area (Å²) in [5.74, 6) is -0.738. The van der Waals surface area contributed by atoms with E-state index in [4.69, 9.17) is 23.2 Å². The van der Waals surface area contributed by atoms with Crippen molar-refractivity contribution in [1.82, 2.24) is 5.32 Å². The van der Waals surface area contributed by atoms with Crippen LogP contribution in [0.5, 0.6) is 0 Å². The number of rotatable bonds is 6. The van der Waals surface area contributed by atoms with Crippen molar-refractivity contribution in [2.45, 2.75) is 32.1 Å². The zero-order chi connectivity index (χ0) is 14.4. The molecule has 2 nitrogen and oxygen atoms in total. The van der Waals surface area contributed by atoms with E-state index in [2.05, 4.69) is 19.2 Å². The molecular weight excluding hydrogens is 288 g/mol. The molecule has 0 spiro atoms. The largest absolute Gasteiger partial charge is 0.350 e. The van der Waals surface area contributed by atoms with Crippen molar-refractivity contribution in [3.05, 3.63) is 34.6 Å². The average molecular weight is 306 g/mol. The molecule has 1 aromatic carbocycles. The summed E-state index contributed by atoms with van der Waals surface area (Å²) in [6.07, 6.45) is 1.90. The van der Waals surface area contributed by atoms with Crippen LogP contribution < -0.4 is 5.32 Å². The molecule has 0 saturated carbocycles. The van der Waals surface area contributed by atoms with Gasteiger partial charge in [-0.3, -0.25) is 4.79 Å². The third-order valence-electron chi connectivity index (χ3n) is 3.19. The van der Waals surface area contributed by atoms with E-state index in [1.54, 1.807) is 0 Å². The highest BCUT2D eigenvalue weighted by Gasteiger charge is 2.18. The quantitative estimate of drug-likeness (QED) is 0.782. The van der Waals surface area contributed by atoms with E-state index < -0.39 is 11.7 Å². The standard InChI is InChI=1S/C14H18Cl2FNO/c1-3-9(4-2)12(16)8-18-14(19)11-7-10(15)5-6-13(11)17/h5-7,9,12H,3-4,8H2,1-2H3,(H,18,19). The van der Waals surface area contributed by atoms with Crippen molar-refractivity contribution in [2.24, 2.45) is 5.92 Å². The van der Waals surface area contributed by atoms with E-state index in [0.717, 1.165) is 12.8 Å². The summed E-state index contributed by atoms with van der Waals surface area (Å²) in [7, 11) is 0. The highest BCUT2D eigenvalue weighted by molar-refractivity contribution is 6.31. The van der Waals surface area contributed by atoms with Gasteiger partial charge in [-0.2, -0.15) is 0 Å². The maximum Gasteiger partial charge on any atom is 0.254 e. The first-order valence-electron chi connectivity index (χ1n) is 6.36. The first-order chi connectivity index (χ1) is 8.99. The van der Waals surface area contributed by atoms with Crippen LogP contribution in [-0.4, -0.2) is 17.8 Å². The highest BCUT2D eigenvalue weighted by Crippen LogP contribution is 2.18. The lowest BCUT2D eigenvalue weighted by molar-refractivity contribution is 0.0947. The van der Waals surface area contributed by atoms with Crippen LogP contribution in [0, 0.1) is 11.7 Å². The average Bonchev–Trinajstić information content (AvgIpc) is 2.40. The smallest absolute Gasteiger partial charge is 0.254 e. The fourth-order valence-corrected chi connectivity index (χ4v) is 2.53. The molecule has 1 unspecified atom stereocenters. The molecule has 0 heterocycles. The Hall–Kier alpha value is -0.800. The molecule has 0 aliphatic heterocycles. The van der Waals surface area contributed by atoms with Crippen LogP contribution in [0.4, 0.5) is 4.39 Å². The van der Waals surface area contributed by atoms with E-state index in [0.29, 0.717) is 17.5 Å². The Morgan fingerprint density at radius 3 is 2.58 bits per heavy atom. The van der Waals surface area contributed by atoms with E-state index >= 15 is 0 Å². The Morgan fingerprint density at radius 1 is 1.37 bits per heavy atom. The summed E-state index contributed by atoms with van der Waals surface area (Å²) in [6.45, 7) is 4.43. The SMILES string of the molecule is CCC(CC)C(Cl)CNC(=O)c1cc(Cl)ccc1F. The lowest BCUT2D eigenvalue weighted by Gasteiger charge is -2.19. The van der Waals surface area contributed by atoms with Crippen LogP contribution in [-0.2, 0) is 0 Å². The van der Waals surface area contributed by atoms with Crippen molar-refractivity contribution >= 4 is 29.1 Å². The van der Waals surface area contributed by atoms with Gasteiger partial charge in [-0.15, -0.1) is 11.6 Å². The Balaban J connectivity index is 2.63. The predicted octanol–water partition coefficient (Wildman–Crippen LogP) is 4.25. The molecule has 1 N–H and O–H groups in total. The molecule has 0 bridgehead atoms. The lowest BCUT2D eigenvalue weighted by Crippen LogP contribution is -2.33. The second-order valence-corrected chi connectivity index (χ2v) is 5.42. The van der Waals surface area contributed by atoms with E-state index in [9.17, 15) is 9.18 Å². The predicted molar refractivity (Wildman–Crippen MR) is 77.5 cm³/mol. The molecule has 0 radical (unpaired) electrons. The van der Waals surface area contributed by atoms with Gasteiger partial charge >= 0.3 is 0 Å². The van der Waals surface area contributed by atoms with Crippen LogP contribution in [0.1, 0.15) is 37.0 Å². The maximum absolute atomic E-state index is 13.5. The summed E-state index contributed by atoms with van der Waals surface area (Å²) >= 11 is 12.0. The Morgan fingerprint density at radius 2 is 2.00 bits per heavy atom. The van der Waals surface area contributed by atoms with Gasteiger partial charge in [0.25, 0.3) is 5.91 Å².